The summed E-state index contributed by atoms with van der Waals surface area (Å²) >= 11 is 0. The second-order valence-corrected chi connectivity index (χ2v) is 6.06. The number of hydrogen-bond acceptors (Lipinski definition) is 6. The number of halogens is 1. The molecule has 1 saturated heterocycles. The predicted molar refractivity (Wildman–Crippen MR) is 93.4 cm³/mol. The van der Waals surface area contributed by atoms with Crippen molar-refractivity contribution >= 4 is 5.82 Å². The van der Waals surface area contributed by atoms with Crippen molar-refractivity contribution in [1.82, 2.24) is 15.1 Å². The van der Waals surface area contributed by atoms with E-state index >= 15 is 0 Å². The fourth-order valence-corrected chi connectivity index (χ4v) is 2.81. The summed E-state index contributed by atoms with van der Waals surface area (Å²) in [5.74, 6) is 1.27. The number of hydrogen-bond donors (Lipinski definition) is 0. The van der Waals surface area contributed by atoms with Crippen LogP contribution in [0.3, 0.4) is 0 Å². The minimum atomic E-state index is -0.254. The van der Waals surface area contributed by atoms with Gasteiger partial charge in [-0.25, -0.2) is 4.39 Å². The van der Waals surface area contributed by atoms with E-state index in [1.54, 1.807) is 18.3 Å². The van der Waals surface area contributed by atoms with Crippen LogP contribution in [0, 0.1) is 5.82 Å². The van der Waals surface area contributed by atoms with Gasteiger partial charge in [-0.2, -0.15) is 5.10 Å². The lowest BCUT2D eigenvalue weighted by Gasteiger charge is -2.34. The summed E-state index contributed by atoms with van der Waals surface area (Å²) in [6.07, 6.45) is 1.78. The van der Waals surface area contributed by atoms with Gasteiger partial charge in [0.15, 0.2) is 5.82 Å². The molecule has 2 aromatic rings. The van der Waals surface area contributed by atoms with E-state index in [4.69, 9.17) is 9.47 Å². The normalized spacial score (nSPS) is 18.1. The van der Waals surface area contributed by atoms with Gasteiger partial charge in [-0.05, 0) is 36.4 Å². The minimum Gasteiger partial charge on any atom is -0.492 e. The van der Waals surface area contributed by atoms with E-state index in [9.17, 15) is 4.39 Å². The monoisotopic (exact) mass is 346 g/mol. The highest BCUT2D eigenvalue weighted by Gasteiger charge is 2.22. The molecule has 3 rings (SSSR count). The van der Waals surface area contributed by atoms with Crippen LogP contribution in [-0.2, 0) is 4.74 Å². The van der Waals surface area contributed by atoms with Gasteiger partial charge in [0.25, 0.3) is 0 Å². The first-order valence-corrected chi connectivity index (χ1v) is 8.42. The number of anilines is 1. The molecule has 1 aromatic carbocycles. The van der Waals surface area contributed by atoms with Gasteiger partial charge < -0.3 is 14.4 Å². The van der Waals surface area contributed by atoms with E-state index in [0.29, 0.717) is 19.0 Å². The van der Waals surface area contributed by atoms with Gasteiger partial charge in [-0.15, -0.1) is 5.10 Å². The molecular formula is C18H23FN4O2. The van der Waals surface area contributed by atoms with Gasteiger partial charge >= 0.3 is 0 Å². The van der Waals surface area contributed by atoms with Crippen molar-refractivity contribution in [3.63, 3.8) is 0 Å². The zero-order valence-electron chi connectivity index (χ0n) is 14.3. The van der Waals surface area contributed by atoms with Crippen molar-refractivity contribution in [3.05, 3.63) is 48.4 Å². The summed E-state index contributed by atoms with van der Waals surface area (Å²) in [6, 6.07) is 9.91. The highest BCUT2D eigenvalue weighted by molar-refractivity contribution is 5.35. The Kier molecular flexibility index (Phi) is 6.14. The van der Waals surface area contributed by atoms with Crippen LogP contribution >= 0.6 is 0 Å². The summed E-state index contributed by atoms with van der Waals surface area (Å²) in [4.78, 5) is 4.37. The largest absolute Gasteiger partial charge is 0.492 e. The summed E-state index contributed by atoms with van der Waals surface area (Å²) in [5, 5.41) is 8.02. The van der Waals surface area contributed by atoms with Gasteiger partial charge in [-0.1, -0.05) is 0 Å². The molecule has 1 atom stereocenters. The highest BCUT2D eigenvalue weighted by Crippen LogP contribution is 2.13. The van der Waals surface area contributed by atoms with Crippen LogP contribution in [0.25, 0.3) is 0 Å². The quantitative estimate of drug-likeness (QED) is 0.762. The molecule has 0 radical (unpaired) electrons. The highest BCUT2D eigenvalue weighted by atomic mass is 19.1. The standard InChI is InChI=1S/C18H23FN4O2/c1-22(18-3-2-8-20-21-18)13-17-14-23(10-12-25-17)9-11-24-16-6-4-15(19)5-7-16/h2-8,17H,9-14H2,1H3/t17-/m1/s1. The summed E-state index contributed by atoms with van der Waals surface area (Å²) in [7, 11) is 1.99. The predicted octanol–water partition coefficient (Wildman–Crippen LogP) is 1.83. The molecule has 1 aliphatic rings. The molecular weight excluding hydrogens is 323 g/mol. The van der Waals surface area contributed by atoms with Gasteiger partial charge in [0.2, 0.25) is 0 Å². The number of morpholine rings is 1. The summed E-state index contributed by atoms with van der Waals surface area (Å²) in [5.41, 5.74) is 0. The molecule has 0 amide bonds. The zero-order chi connectivity index (χ0) is 17.5. The minimum absolute atomic E-state index is 0.117. The van der Waals surface area contributed by atoms with E-state index in [1.807, 2.05) is 19.2 Å². The third-order valence-electron chi connectivity index (χ3n) is 4.14. The van der Waals surface area contributed by atoms with E-state index in [-0.39, 0.29) is 11.9 Å². The molecule has 134 valence electrons. The molecule has 0 saturated carbocycles. The third kappa shape index (κ3) is 5.37. The number of likely N-dealkylation sites (N-methyl/N-ethyl adjacent to an activating group) is 1. The van der Waals surface area contributed by atoms with Crippen LogP contribution < -0.4 is 9.64 Å². The molecule has 0 spiro atoms. The molecule has 1 fully saturated rings. The molecule has 0 bridgehead atoms. The van der Waals surface area contributed by atoms with Crippen molar-refractivity contribution in [2.75, 3.05) is 51.3 Å². The molecule has 0 unspecified atom stereocenters. The zero-order valence-corrected chi connectivity index (χ0v) is 14.3. The van der Waals surface area contributed by atoms with Crippen LogP contribution in [0.1, 0.15) is 0 Å². The maximum absolute atomic E-state index is 12.9. The van der Waals surface area contributed by atoms with Crippen molar-refractivity contribution in [2.45, 2.75) is 6.10 Å². The van der Waals surface area contributed by atoms with Gasteiger partial charge in [0.05, 0.1) is 12.7 Å². The van der Waals surface area contributed by atoms with Crippen LogP contribution in [0.4, 0.5) is 10.2 Å². The Bertz CT molecular complexity index is 641. The van der Waals surface area contributed by atoms with Crippen LogP contribution in [0.5, 0.6) is 5.75 Å². The Morgan fingerprint density at radius 3 is 2.92 bits per heavy atom. The molecule has 6 nitrogen and oxygen atoms in total. The number of aromatic nitrogens is 2. The molecule has 2 heterocycles. The van der Waals surface area contributed by atoms with Crippen molar-refractivity contribution in [1.29, 1.82) is 0 Å². The van der Waals surface area contributed by atoms with Crippen molar-refractivity contribution in [2.24, 2.45) is 0 Å². The molecule has 0 aliphatic carbocycles. The lowest BCUT2D eigenvalue weighted by molar-refractivity contribution is -0.0266. The Hall–Kier alpha value is -2.25. The van der Waals surface area contributed by atoms with Gasteiger partial charge in [-0.3, -0.25) is 4.90 Å². The average molecular weight is 346 g/mol. The smallest absolute Gasteiger partial charge is 0.151 e. The molecule has 1 aromatic heterocycles. The average Bonchev–Trinajstić information content (AvgIpc) is 2.64. The van der Waals surface area contributed by atoms with E-state index < -0.39 is 0 Å². The van der Waals surface area contributed by atoms with E-state index in [1.165, 1.54) is 12.1 Å². The Balaban J connectivity index is 1.42. The molecule has 25 heavy (non-hydrogen) atoms. The van der Waals surface area contributed by atoms with Gasteiger partial charge in [0.1, 0.15) is 18.2 Å². The second kappa shape index (κ2) is 8.73. The topological polar surface area (TPSA) is 50.7 Å². The van der Waals surface area contributed by atoms with Crippen LogP contribution in [0.2, 0.25) is 0 Å². The summed E-state index contributed by atoms with van der Waals surface area (Å²) < 4.78 is 24.4. The third-order valence-corrected chi connectivity index (χ3v) is 4.14. The number of ether oxygens (including phenoxy) is 2. The van der Waals surface area contributed by atoms with E-state index in [0.717, 1.165) is 32.0 Å². The number of rotatable bonds is 7. The fourth-order valence-electron chi connectivity index (χ4n) is 2.81. The Morgan fingerprint density at radius 2 is 2.16 bits per heavy atom. The number of nitrogens with zero attached hydrogens (tertiary/aromatic N) is 4. The van der Waals surface area contributed by atoms with Crippen molar-refractivity contribution < 1.29 is 13.9 Å². The summed E-state index contributed by atoms with van der Waals surface area (Å²) in [6.45, 7) is 4.57. The Labute approximate surface area is 147 Å². The lowest BCUT2D eigenvalue weighted by atomic mass is 10.2. The van der Waals surface area contributed by atoms with Crippen molar-refractivity contribution in [3.8, 4) is 5.75 Å². The first kappa shape index (κ1) is 17.6. The SMILES string of the molecule is CN(C[C@@H]1CN(CCOc2ccc(F)cc2)CCO1)c1cccnn1. The molecule has 0 N–H and O–H groups in total. The molecule has 1 aliphatic heterocycles. The maximum Gasteiger partial charge on any atom is 0.151 e. The maximum atomic E-state index is 12.9. The lowest BCUT2D eigenvalue weighted by Crippen LogP contribution is -2.48. The van der Waals surface area contributed by atoms with Gasteiger partial charge in [0, 0.05) is 39.4 Å². The molecule has 7 heteroatoms. The van der Waals surface area contributed by atoms with Crippen LogP contribution in [-0.4, -0.2) is 67.6 Å². The second-order valence-electron chi connectivity index (χ2n) is 6.06. The van der Waals surface area contributed by atoms with E-state index in [2.05, 4.69) is 20.0 Å². The first-order valence-electron chi connectivity index (χ1n) is 8.42. The number of benzene rings is 1. The van der Waals surface area contributed by atoms with Crippen LogP contribution in [0.15, 0.2) is 42.6 Å². The Morgan fingerprint density at radius 1 is 1.32 bits per heavy atom. The fraction of sp³-hybridized carbons (Fsp3) is 0.444. The first-order chi connectivity index (χ1) is 12.2.